The lowest BCUT2D eigenvalue weighted by molar-refractivity contribution is -0.144. The average molecular weight is 545 g/mol. The van der Waals surface area contributed by atoms with Crippen LogP contribution >= 0.6 is 0 Å². The summed E-state index contributed by atoms with van der Waals surface area (Å²) in [6, 6.07) is 13.6. The van der Waals surface area contributed by atoms with Crippen molar-refractivity contribution in [3.63, 3.8) is 0 Å². The molecule has 5 rings (SSSR count). The highest BCUT2D eigenvalue weighted by Gasteiger charge is 2.43. The van der Waals surface area contributed by atoms with Crippen LogP contribution in [0.4, 0.5) is 0 Å². The maximum atomic E-state index is 13.8. The zero-order valence-corrected chi connectivity index (χ0v) is 23.9. The minimum atomic E-state index is -0.453. The summed E-state index contributed by atoms with van der Waals surface area (Å²) in [5.41, 5.74) is 3.04. The summed E-state index contributed by atoms with van der Waals surface area (Å²) in [5.74, 6) is 1.03. The number of fused-ring (bicyclic) bond motifs is 2. The first-order valence-electron chi connectivity index (χ1n) is 14.6. The topological polar surface area (TPSA) is 84.7 Å². The number of aromatic nitrogens is 2. The van der Waals surface area contributed by atoms with Gasteiger partial charge in [0.25, 0.3) is 11.5 Å². The lowest BCUT2D eigenvalue weighted by Gasteiger charge is -2.42. The van der Waals surface area contributed by atoms with E-state index in [0.717, 1.165) is 43.4 Å². The highest BCUT2D eigenvalue weighted by molar-refractivity contribution is 5.97. The molecule has 0 N–H and O–H groups in total. The number of carbonyl (C=O) groups excluding carboxylic acids is 2. The number of likely N-dealkylation sites (tertiary alicyclic amines) is 1. The molecule has 2 aliphatic rings. The first-order chi connectivity index (χ1) is 19.3. The minimum absolute atomic E-state index is 0.0536. The quantitative estimate of drug-likeness (QED) is 0.471. The van der Waals surface area contributed by atoms with Crippen molar-refractivity contribution in [3.8, 4) is 5.75 Å². The summed E-state index contributed by atoms with van der Waals surface area (Å²) in [5, 5.41) is 0. The van der Waals surface area contributed by atoms with Crippen LogP contribution in [0.3, 0.4) is 0 Å². The Morgan fingerprint density at radius 2 is 1.77 bits per heavy atom. The van der Waals surface area contributed by atoms with Gasteiger partial charge in [0.15, 0.2) is 0 Å². The summed E-state index contributed by atoms with van der Waals surface area (Å²) < 4.78 is 7.77. The molecule has 0 unspecified atom stereocenters. The molecule has 0 aliphatic carbocycles. The van der Waals surface area contributed by atoms with Crippen LogP contribution in [0.1, 0.15) is 67.1 Å². The van der Waals surface area contributed by atoms with Crippen LogP contribution in [-0.2, 0) is 17.8 Å². The third-order valence-electron chi connectivity index (χ3n) is 8.74. The Bertz CT molecular complexity index is 1460. The Hall–Kier alpha value is -3.68. The Kier molecular flexibility index (Phi) is 8.24. The van der Waals surface area contributed by atoms with E-state index in [9.17, 15) is 14.4 Å². The first kappa shape index (κ1) is 27.9. The van der Waals surface area contributed by atoms with Crippen LogP contribution < -0.4 is 10.3 Å². The third-order valence-corrected chi connectivity index (χ3v) is 8.74. The van der Waals surface area contributed by atoms with Crippen molar-refractivity contribution in [1.82, 2.24) is 19.4 Å². The van der Waals surface area contributed by atoms with E-state index >= 15 is 0 Å². The molecule has 8 nitrogen and oxygen atoms in total. The van der Waals surface area contributed by atoms with Crippen LogP contribution in [-0.4, -0.2) is 64.5 Å². The number of hydrogen-bond acceptors (Lipinski definition) is 5. The number of aryl methyl sites for hydroxylation is 3. The molecule has 1 spiro atoms. The number of piperidine rings is 1. The zero-order valence-electron chi connectivity index (χ0n) is 23.9. The Morgan fingerprint density at radius 3 is 2.55 bits per heavy atom. The average Bonchev–Trinajstić information content (AvgIpc) is 2.98. The van der Waals surface area contributed by atoms with Gasteiger partial charge in [-0.1, -0.05) is 31.0 Å². The van der Waals surface area contributed by atoms with Crippen molar-refractivity contribution in [1.29, 1.82) is 0 Å². The van der Waals surface area contributed by atoms with E-state index in [1.165, 1.54) is 5.56 Å². The van der Waals surface area contributed by atoms with E-state index in [0.29, 0.717) is 62.4 Å². The highest BCUT2D eigenvalue weighted by Crippen LogP contribution is 2.39. The molecule has 0 atom stereocenters. The molecule has 212 valence electrons. The molecule has 2 aliphatic heterocycles. The molecule has 0 bridgehead atoms. The van der Waals surface area contributed by atoms with Gasteiger partial charge in [-0.25, -0.2) is 4.98 Å². The van der Waals surface area contributed by atoms with Crippen molar-refractivity contribution in [2.24, 2.45) is 5.41 Å². The van der Waals surface area contributed by atoms with Crippen LogP contribution in [0.5, 0.6) is 5.75 Å². The molecular formula is C32H40N4O4. The van der Waals surface area contributed by atoms with Crippen molar-refractivity contribution in [3.05, 3.63) is 69.6 Å². The summed E-state index contributed by atoms with van der Waals surface area (Å²) >= 11 is 0. The van der Waals surface area contributed by atoms with E-state index in [4.69, 9.17) is 4.74 Å². The number of benzene rings is 2. The largest absolute Gasteiger partial charge is 0.491 e. The van der Waals surface area contributed by atoms with Crippen LogP contribution in [0.2, 0.25) is 0 Å². The fourth-order valence-electron chi connectivity index (χ4n) is 6.32. The van der Waals surface area contributed by atoms with E-state index in [1.807, 2.05) is 42.0 Å². The van der Waals surface area contributed by atoms with Gasteiger partial charge in [0, 0.05) is 32.2 Å². The minimum Gasteiger partial charge on any atom is -0.491 e. The van der Waals surface area contributed by atoms with Gasteiger partial charge in [-0.15, -0.1) is 0 Å². The van der Waals surface area contributed by atoms with Gasteiger partial charge in [0.05, 0.1) is 23.0 Å². The van der Waals surface area contributed by atoms with Gasteiger partial charge >= 0.3 is 0 Å². The van der Waals surface area contributed by atoms with Gasteiger partial charge in [-0.2, -0.15) is 0 Å². The second-order valence-corrected chi connectivity index (χ2v) is 11.3. The Labute approximate surface area is 235 Å². The summed E-state index contributed by atoms with van der Waals surface area (Å²) in [6.45, 7) is 6.25. The van der Waals surface area contributed by atoms with Crippen LogP contribution in [0, 0.1) is 12.3 Å². The van der Waals surface area contributed by atoms with Gasteiger partial charge in [0.1, 0.15) is 18.1 Å². The monoisotopic (exact) mass is 544 g/mol. The van der Waals surface area contributed by atoms with E-state index in [2.05, 4.69) is 17.1 Å². The summed E-state index contributed by atoms with van der Waals surface area (Å²) in [4.78, 5) is 48.0. The first-order valence-corrected chi connectivity index (χ1v) is 14.6. The van der Waals surface area contributed by atoms with Gasteiger partial charge in [-0.3, -0.25) is 14.4 Å². The van der Waals surface area contributed by atoms with Crippen molar-refractivity contribution in [2.45, 2.75) is 65.3 Å². The molecule has 3 aromatic rings. The number of hydrogen-bond donors (Lipinski definition) is 0. The molecule has 0 saturated carbocycles. The van der Waals surface area contributed by atoms with Crippen molar-refractivity contribution >= 4 is 22.8 Å². The van der Waals surface area contributed by atoms with Crippen molar-refractivity contribution in [2.75, 3.05) is 33.3 Å². The Morgan fingerprint density at radius 1 is 1.00 bits per heavy atom. The molecule has 40 heavy (non-hydrogen) atoms. The molecular weight excluding hydrogens is 504 g/mol. The standard InChI is InChI=1S/C32H40N4O4/c1-4-36-27-14-13-25(22-26(27)33-23(2)29(36)37)30(38)35-18-16-32(17-19-35)15-9-5-6-10-24-11-7-8-12-28(24)40-21-20-34(3)31(32)39/h7-8,11-14,22H,4-6,9-10,15-21H2,1-3H3. The SMILES string of the molecule is CCn1c(=O)c(C)nc2cc(C(=O)N3CCC4(CCCCCc5ccccc5OCCN(C)C4=O)CC3)ccc21. The number of carbonyl (C=O) groups is 2. The number of nitrogens with zero attached hydrogens (tertiary/aromatic N) is 4. The summed E-state index contributed by atoms with van der Waals surface area (Å²) in [7, 11) is 1.87. The third kappa shape index (κ3) is 5.49. The molecule has 2 aromatic carbocycles. The zero-order chi connectivity index (χ0) is 28.3. The second-order valence-electron chi connectivity index (χ2n) is 11.3. The number of ether oxygens (including phenoxy) is 1. The highest BCUT2D eigenvalue weighted by atomic mass is 16.5. The molecule has 0 radical (unpaired) electrons. The fraction of sp³-hybridized carbons (Fsp3) is 0.500. The lowest BCUT2D eigenvalue weighted by Crippen LogP contribution is -2.51. The normalized spacial score (nSPS) is 18.4. The maximum absolute atomic E-state index is 13.8. The molecule has 1 fully saturated rings. The maximum Gasteiger partial charge on any atom is 0.272 e. The van der Waals surface area contributed by atoms with Crippen molar-refractivity contribution < 1.29 is 14.3 Å². The molecule has 3 heterocycles. The lowest BCUT2D eigenvalue weighted by atomic mass is 9.73. The smallest absolute Gasteiger partial charge is 0.272 e. The molecule has 2 amide bonds. The molecule has 8 heteroatoms. The van der Waals surface area contributed by atoms with Crippen LogP contribution in [0.15, 0.2) is 47.3 Å². The summed E-state index contributed by atoms with van der Waals surface area (Å²) in [6.07, 6.45) is 6.24. The second kappa shape index (κ2) is 11.8. The molecule has 1 aromatic heterocycles. The fourth-order valence-corrected chi connectivity index (χ4v) is 6.32. The number of para-hydroxylation sites is 1. The van der Waals surface area contributed by atoms with Gasteiger partial charge < -0.3 is 19.1 Å². The van der Waals surface area contributed by atoms with Crippen LogP contribution in [0.25, 0.3) is 11.0 Å². The molecule has 1 saturated heterocycles. The van der Waals surface area contributed by atoms with Gasteiger partial charge in [-0.05, 0) is 75.8 Å². The van der Waals surface area contributed by atoms with E-state index < -0.39 is 5.41 Å². The predicted octanol–water partition coefficient (Wildman–Crippen LogP) is 4.60. The Balaban J connectivity index is 1.30. The van der Waals surface area contributed by atoms with E-state index in [-0.39, 0.29) is 17.4 Å². The van der Waals surface area contributed by atoms with Gasteiger partial charge in [0.2, 0.25) is 5.91 Å². The number of rotatable bonds is 2. The van der Waals surface area contributed by atoms with E-state index in [1.54, 1.807) is 23.6 Å². The predicted molar refractivity (Wildman–Crippen MR) is 156 cm³/mol. The number of likely N-dealkylation sites (N-methyl/N-ethyl adjacent to an activating group) is 1. The number of amides is 2.